The number of aryl methyl sites for hydroxylation is 1. The average molecular weight is 404 g/mol. The molecule has 1 aliphatic heterocycles. The Labute approximate surface area is 178 Å². The number of anilines is 1. The number of aromatic nitrogens is 1. The zero-order valence-corrected chi connectivity index (χ0v) is 18.0. The Morgan fingerprint density at radius 1 is 0.933 bits per heavy atom. The molecule has 30 heavy (non-hydrogen) atoms. The molecule has 0 atom stereocenters. The van der Waals surface area contributed by atoms with Crippen LogP contribution in [0.25, 0.3) is 5.69 Å². The Morgan fingerprint density at radius 2 is 1.60 bits per heavy atom. The molecule has 0 N–H and O–H groups in total. The van der Waals surface area contributed by atoms with Crippen LogP contribution in [-0.2, 0) is 0 Å². The van der Waals surface area contributed by atoms with Crippen molar-refractivity contribution < 1.29 is 9.53 Å². The van der Waals surface area contributed by atoms with Crippen molar-refractivity contribution in [1.29, 1.82) is 0 Å². The zero-order chi connectivity index (χ0) is 21.1. The van der Waals surface area contributed by atoms with Gasteiger partial charge in [-0.15, -0.1) is 0 Å². The van der Waals surface area contributed by atoms with Crippen LogP contribution in [0.3, 0.4) is 0 Å². The SMILES string of the molecule is CCOc1ccccc1N1CCN(C(=O)c2cc(C)n(-c3ccccc3)c2C)CC1. The van der Waals surface area contributed by atoms with Gasteiger partial charge in [0.1, 0.15) is 5.75 Å². The van der Waals surface area contributed by atoms with Crippen LogP contribution in [0.1, 0.15) is 28.7 Å². The first-order valence-corrected chi connectivity index (χ1v) is 10.6. The fraction of sp³-hybridized carbons (Fsp3) is 0.320. The van der Waals surface area contributed by atoms with E-state index in [1.165, 1.54) is 0 Å². The molecule has 0 radical (unpaired) electrons. The summed E-state index contributed by atoms with van der Waals surface area (Å²) in [6, 6.07) is 20.3. The second-order valence-electron chi connectivity index (χ2n) is 7.64. The number of nitrogens with zero attached hydrogens (tertiary/aromatic N) is 3. The lowest BCUT2D eigenvalue weighted by atomic mass is 10.1. The van der Waals surface area contributed by atoms with E-state index in [2.05, 4.69) is 34.6 Å². The molecule has 156 valence electrons. The molecule has 0 unspecified atom stereocenters. The predicted molar refractivity (Wildman–Crippen MR) is 121 cm³/mol. The molecular weight excluding hydrogens is 374 g/mol. The van der Waals surface area contributed by atoms with E-state index in [9.17, 15) is 4.79 Å². The maximum atomic E-state index is 13.3. The number of hydrogen-bond acceptors (Lipinski definition) is 3. The van der Waals surface area contributed by atoms with Crippen molar-refractivity contribution in [3.8, 4) is 11.4 Å². The van der Waals surface area contributed by atoms with Gasteiger partial charge in [-0.3, -0.25) is 4.79 Å². The van der Waals surface area contributed by atoms with Crippen LogP contribution in [0.5, 0.6) is 5.75 Å². The second kappa shape index (κ2) is 8.66. The van der Waals surface area contributed by atoms with Crippen LogP contribution in [0.4, 0.5) is 5.69 Å². The number of carbonyl (C=O) groups is 1. The van der Waals surface area contributed by atoms with Gasteiger partial charge in [0.15, 0.2) is 0 Å². The molecule has 1 aliphatic rings. The Bertz CT molecular complexity index is 1020. The van der Waals surface area contributed by atoms with Crippen LogP contribution in [0, 0.1) is 13.8 Å². The number of rotatable bonds is 5. The summed E-state index contributed by atoms with van der Waals surface area (Å²) >= 11 is 0. The Morgan fingerprint density at radius 3 is 2.30 bits per heavy atom. The minimum absolute atomic E-state index is 0.114. The van der Waals surface area contributed by atoms with E-state index in [1.807, 2.05) is 61.2 Å². The van der Waals surface area contributed by atoms with Gasteiger partial charge in [0.2, 0.25) is 0 Å². The van der Waals surface area contributed by atoms with E-state index in [4.69, 9.17) is 4.74 Å². The van der Waals surface area contributed by atoms with Crippen molar-refractivity contribution >= 4 is 11.6 Å². The molecule has 0 bridgehead atoms. The normalized spacial score (nSPS) is 14.1. The Balaban J connectivity index is 1.49. The number of hydrogen-bond donors (Lipinski definition) is 0. The van der Waals surface area contributed by atoms with Crippen LogP contribution < -0.4 is 9.64 Å². The third kappa shape index (κ3) is 3.80. The molecule has 1 saturated heterocycles. The molecule has 1 aromatic heterocycles. The van der Waals surface area contributed by atoms with Crippen molar-refractivity contribution in [2.24, 2.45) is 0 Å². The fourth-order valence-corrected chi connectivity index (χ4v) is 4.27. The minimum Gasteiger partial charge on any atom is -0.492 e. The van der Waals surface area contributed by atoms with E-state index < -0.39 is 0 Å². The lowest BCUT2D eigenvalue weighted by Crippen LogP contribution is -2.49. The molecular formula is C25H29N3O2. The largest absolute Gasteiger partial charge is 0.492 e. The zero-order valence-electron chi connectivity index (χ0n) is 18.0. The summed E-state index contributed by atoms with van der Waals surface area (Å²) in [4.78, 5) is 17.6. The summed E-state index contributed by atoms with van der Waals surface area (Å²) in [5.41, 5.74) is 5.05. The maximum absolute atomic E-state index is 13.3. The van der Waals surface area contributed by atoms with Crippen LogP contribution in [-0.4, -0.2) is 48.2 Å². The molecule has 5 nitrogen and oxygen atoms in total. The molecule has 0 saturated carbocycles. The van der Waals surface area contributed by atoms with Gasteiger partial charge in [-0.25, -0.2) is 0 Å². The smallest absolute Gasteiger partial charge is 0.255 e. The summed E-state index contributed by atoms with van der Waals surface area (Å²) in [5, 5.41) is 0. The van der Waals surface area contributed by atoms with Crippen LogP contribution >= 0.6 is 0 Å². The number of amides is 1. The highest BCUT2D eigenvalue weighted by Gasteiger charge is 2.26. The van der Waals surface area contributed by atoms with Gasteiger partial charge >= 0.3 is 0 Å². The Kier molecular flexibility index (Phi) is 5.79. The summed E-state index contributed by atoms with van der Waals surface area (Å²) in [7, 11) is 0. The van der Waals surface area contributed by atoms with Crippen molar-refractivity contribution in [1.82, 2.24) is 9.47 Å². The standard InChI is InChI=1S/C25H29N3O2/c1-4-30-24-13-9-8-12-23(24)26-14-16-27(17-15-26)25(29)22-18-19(2)28(20(22)3)21-10-6-5-7-11-21/h5-13,18H,4,14-17H2,1-3H3. The molecule has 1 amide bonds. The van der Waals surface area contributed by atoms with E-state index in [-0.39, 0.29) is 5.91 Å². The number of ether oxygens (including phenoxy) is 1. The number of carbonyl (C=O) groups excluding carboxylic acids is 1. The molecule has 2 heterocycles. The average Bonchev–Trinajstić information content (AvgIpc) is 3.08. The molecule has 4 rings (SSSR count). The van der Waals surface area contributed by atoms with Crippen LogP contribution in [0.2, 0.25) is 0 Å². The lowest BCUT2D eigenvalue weighted by Gasteiger charge is -2.36. The first kappa shape index (κ1) is 20.1. The fourth-order valence-electron chi connectivity index (χ4n) is 4.27. The van der Waals surface area contributed by atoms with Gasteiger partial charge in [0.25, 0.3) is 5.91 Å². The van der Waals surface area contributed by atoms with Crippen LogP contribution in [0.15, 0.2) is 60.7 Å². The van der Waals surface area contributed by atoms with E-state index in [0.717, 1.165) is 47.2 Å². The highest BCUT2D eigenvalue weighted by molar-refractivity contribution is 5.96. The van der Waals surface area contributed by atoms with E-state index in [1.54, 1.807) is 0 Å². The third-order valence-electron chi connectivity index (χ3n) is 5.75. The first-order chi connectivity index (χ1) is 14.6. The Hall–Kier alpha value is -3.21. The number of benzene rings is 2. The molecule has 3 aromatic rings. The monoisotopic (exact) mass is 403 g/mol. The molecule has 5 heteroatoms. The van der Waals surface area contributed by atoms with Crippen molar-refractivity contribution in [3.05, 3.63) is 77.6 Å². The molecule has 0 spiro atoms. The number of para-hydroxylation sites is 3. The van der Waals surface area contributed by atoms with Gasteiger partial charge in [-0.2, -0.15) is 0 Å². The molecule has 1 fully saturated rings. The quantitative estimate of drug-likeness (QED) is 0.631. The van der Waals surface area contributed by atoms with E-state index >= 15 is 0 Å². The van der Waals surface area contributed by atoms with Crippen molar-refractivity contribution in [2.45, 2.75) is 20.8 Å². The van der Waals surface area contributed by atoms with E-state index in [0.29, 0.717) is 19.7 Å². The first-order valence-electron chi connectivity index (χ1n) is 10.6. The van der Waals surface area contributed by atoms with Crippen molar-refractivity contribution in [3.63, 3.8) is 0 Å². The highest BCUT2D eigenvalue weighted by atomic mass is 16.5. The predicted octanol–water partition coefficient (Wildman–Crippen LogP) is 4.46. The third-order valence-corrected chi connectivity index (χ3v) is 5.75. The highest BCUT2D eigenvalue weighted by Crippen LogP contribution is 2.29. The summed E-state index contributed by atoms with van der Waals surface area (Å²) in [6.45, 7) is 9.73. The van der Waals surface area contributed by atoms with Gasteiger partial charge in [-0.05, 0) is 51.1 Å². The summed E-state index contributed by atoms with van der Waals surface area (Å²) < 4.78 is 7.94. The lowest BCUT2D eigenvalue weighted by molar-refractivity contribution is 0.0746. The second-order valence-corrected chi connectivity index (χ2v) is 7.64. The summed E-state index contributed by atoms with van der Waals surface area (Å²) in [5.74, 6) is 1.02. The van der Waals surface area contributed by atoms with Gasteiger partial charge in [0, 0.05) is 43.3 Å². The van der Waals surface area contributed by atoms with Gasteiger partial charge in [-0.1, -0.05) is 30.3 Å². The molecule has 2 aromatic carbocycles. The minimum atomic E-state index is 0.114. The van der Waals surface area contributed by atoms with Gasteiger partial charge in [0.05, 0.1) is 17.9 Å². The van der Waals surface area contributed by atoms with Gasteiger partial charge < -0.3 is 19.1 Å². The topological polar surface area (TPSA) is 37.7 Å². The van der Waals surface area contributed by atoms with Crippen molar-refractivity contribution in [2.75, 3.05) is 37.7 Å². The maximum Gasteiger partial charge on any atom is 0.255 e. The molecule has 0 aliphatic carbocycles. The summed E-state index contributed by atoms with van der Waals surface area (Å²) in [6.07, 6.45) is 0. The number of piperazine rings is 1.